The fourth-order valence-corrected chi connectivity index (χ4v) is 3.34. The minimum atomic E-state index is 0.000000000000000222. The van der Waals surface area contributed by atoms with Crippen molar-refractivity contribution >= 4 is 17.3 Å². The van der Waals surface area contributed by atoms with Gasteiger partial charge in [0, 0.05) is 0 Å². The maximum absolute atomic E-state index is 4.62. The van der Waals surface area contributed by atoms with Gasteiger partial charge in [0.25, 0.3) is 0 Å². The van der Waals surface area contributed by atoms with Crippen molar-refractivity contribution in [3.63, 3.8) is 0 Å². The highest BCUT2D eigenvalue weighted by molar-refractivity contribution is 7.80. The third-order valence-electron chi connectivity index (χ3n) is 5.40. The summed E-state index contributed by atoms with van der Waals surface area (Å²) in [7, 11) is 0. The molecule has 0 unspecified atom stereocenters. The van der Waals surface area contributed by atoms with Gasteiger partial charge in [0.1, 0.15) is 0 Å². The summed E-state index contributed by atoms with van der Waals surface area (Å²) in [6.45, 7) is 17.8. The van der Waals surface area contributed by atoms with Crippen molar-refractivity contribution < 1.29 is 0 Å². The van der Waals surface area contributed by atoms with Gasteiger partial charge < -0.3 is 11.5 Å². The Morgan fingerprint density at radius 1 is 0.441 bits per heavy atom. The molecule has 0 aliphatic carbocycles. The van der Waals surface area contributed by atoms with E-state index in [1.54, 1.807) is 0 Å². The lowest BCUT2D eigenvalue weighted by Crippen LogP contribution is -2.18. The lowest BCUT2D eigenvalue weighted by Gasteiger charge is -2.02. The van der Waals surface area contributed by atoms with E-state index in [0.29, 0.717) is 0 Å². The number of thiocarbonyl (C=S) groups is 1. The third-order valence-corrected chi connectivity index (χ3v) is 5.40. The van der Waals surface area contributed by atoms with Crippen molar-refractivity contribution in [1.29, 1.82) is 0 Å². The predicted molar refractivity (Wildman–Crippen MR) is 161 cm³/mol. The molecule has 0 amide bonds. The van der Waals surface area contributed by atoms with Gasteiger partial charge in [0.15, 0.2) is 5.11 Å². The first kappa shape index (κ1) is 34.3. The zero-order valence-electron chi connectivity index (χ0n) is 23.6. The van der Waals surface area contributed by atoms with Gasteiger partial charge in [-0.05, 0) is 132 Å². The van der Waals surface area contributed by atoms with E-state index in [2.05, 4.69) is 116 Å². The highest BCUT2D eigenvalue weighted by Gasteiger charge is 1.94. The van der Waals surface area contributed by atoms with Gasteiger partial charge in [-0.1, -0.05) is 69.9 Å². The first-order valence-corrected chi connectivity index (χ1v) is 13.3. The minimum Gasteiger partial charge on any atom is -0.377 e. The van der Waals surface area contributed by atoms with Gasteiger partial charge in [0.2, 0.25) is 0 Å². The monoisotopic (exact) mass is 486 g/mol. The molecule has 0 rings (SSSR count). The van der Waals surface area contributed by atoms with E-state index in [9.17, 15) is 0 Å². The Bertz CT molecular complexity index is 675. The second-order valence-electron chi connectivity index (χ2n) is 9.90. The number of rotatable bonds is 15. The average Bonchev–Trinajstić information content (AvgIpc) is 2.70. The zero-order valence-corrected chi connectivity index (χ0v) is 24.4. The molecule has 0 saturated heterocycles. The average molecular weight is 487 g/mol. The maximum atomic E-state index is 4.62. The van der Waals surface area contributed by atoms with Crippen molar-refractivity contribution in [2.24, 2.45) is 11.5 Å². The highest BCUT2D eigenvalue weighted by Crippen LogP contribution is 2.14. The molecule has 0 aliphatic rings. The minimum absolute atomic E-state index is 0.000000000000000222. The molecule has 0 radical (unpaired) electrons. The van der Waals surface area contributed by atoms with E-state index in [-0.39, 0.29) is 5.11 Å². The smallest absolute Gasteiger partial charge is 0.160 e. The maximum Gasteiger partial charge on any atom is 0.160 e. The summed E-state index contributed by atoms with van der Waals surface area (Å²) in [5.41, 5.74) is 18.2. The lowest BCUT2D eigenvalue weighted by atomic mass is 10.0. The molecule has 0 aliphatic heterocycles. The third kappa shape index (κ3) is 30.1. The summed E-state index contributed by atoms with van der Waals surface area (Å²) in [4.78, 5) is 0. The summed E-state index contributed by atoms with van der Waals surface area (Å²) >= 11 is 4.09. The Morgan fingerprint density at radius 3 is 0.882 bits per heavy atom. The van der Waals surface area contributed by atoms with E-state index < -0.39 is 0 Å². The van der Waals surface area contributed by atoms with Crippen molar-refractivity contribution in [2.75, 3.05) is 0 Å². The number of unbranched alkanes of at least 4 members (excludes halogenated alkanes) is 1. The van der Waals surface area contributed by atoms with Gasteiger partial charge in [0.05, 0.1) is 0 Å². The molecule has 0 spiro atoms. The molecule has 0 heterocycles. The molecular formula is C31H54N2S. The van der Waals surface area contributed by atoms with Crippen LogP contribution in [0, 0.1) is 0 Å². The number of hydrogen-bond donors (Lipinski definition) is 2. The van der Waals surface area contributed by atoms with E-state index in [1.165, 1.54) is 97.6 Å². The highest BCUT2D eigenvalue weighted by atomic mass is 32.1. The molecule has 194 valence electrons. The zero-order chi connectivity index (χ0) is 26.4. The number of hydrogen-bond acceptors (Lipinski definition) is 1. The molecule has 0 saturated carbocycles. The Labute approximate surface area is 218 Å². The van der Waals surface area contributed by atoms with Gasteiger partial charge >= 0.3 is 0 Å². The van der Waals surface area contributed by atoms with Crippen LogP contribution in [0.3, 0.4) is 0 Å². The fourth-order valence-electron chi connectivity index (χ4n) is 3.34. The van der Waals surface area contributed by atoms with E-state index >= 15 is 0 Å². The molecule has 0 bridgehead atoms. The first-order chi connectivity index (χ1) is 15.9. The van der Waals surface area contributed by atoms with Crippen molar-refractivity contribution in [3.05, 3.63) is 69.9 Å². The Morgan fingerprint density at radius 2 is 0.647 bits per heavy atom. The van der Waals surface area contributed by atoms with Crippen LogP contribution >= 0.6 is 12.2 Å². The lowest BCUT2D eigenvalue weighted by molar-refractivity contribution is 0.896. The van der Waals surface area contributed by atoms with Crippen LogP contribution in [-0.2, 0) is 0 Å². The fraction of sp³-hybridized carbons (Fsp3) is 0.581. The molecule has 3 heteroatoms. The van der Waals surface area contributed by atoms with Crippen LogP contribution in [0.1, 0.15) is 120 Å². The molecule has 4 N–H and O–H groups in total. The van der Waals surface area contributed by atoms with Gasteiger partial charge in [-0.25, -0.2) is 0 Å². The van der Waals surface area contributed by atoms with Crippen molar-refractivity contribution in [1.82, 2.24) is 0 Å². The topological polar surface area (TPSA) is 52.0 Å². The normalized spacial score (nSPS) is 12.6. The van der Waals surface area contributed by atoms with Crippen LogP contribution in [0.15, 0.2) is 69.9 Å². The van der Waals surface area contributed by atoms with Crippen LogP contribution in [-0.4, -0.2) is 5.11 Å². The van der Waals surface area contributed by atoms with Crippen LogP contribution in [0.25, 0.3) is 0 Å². The second kappa shape index (κ2) is 22.9. The standard InChI is InChI=1S/C30H50.CH4N2S/c1-25(2)15-11-19-29(7)23-13-21-27(5)17-9-10-18-28(6)22-14-24-30(8)20-12-16-26(3)4;2-1(3)4/h15-18,23-24H,9-14,19-22H2,1-8H3;(H4,2,3,4)/b27-17+,28-18+,29-23+,30-24+;. The molecule has 0 aromatic rings. The Kier molecular flexibility index (Phi) is 23.1. The van der Waals surface area contributed by atoms with Gasteiger partial charge in [-0.2, -0.15) is 0 Å². The quantitative estimate of drug-likeness (QED) is 0.137. The largest absolute Gasteiger partial charge is 0.377 e. The molecule has 2 nitrogen and oxygen atoms in total. The first-order valence-electron chi connectivity index (χ1n) is 12.9. The molecule has 0 fully saturated rings. The van der Waals surface area contributed by atoms with E-state index in [0.717, 1.165) is 0 Å². The molecule has 0 atom stereocenters. The summed E-state index contributed by atoms with van der Waals surface area (Å²) in [6, 6.07) is 0. The molecule has 0 aromatic carbocycles. The van der Waals surface area contributed by atoms with Gasteiger partial charge in [-0.15, -0.1) is 0 Å². The SMILES string of the molecule is CC(C)=CCC/C(C)=C/CC/C(C)=C/CC/C=C(\C)CC/C=C(\C)CCC=C(C)C.NC(N)=S. The van der Waals surface area contributed by atoms with Crippen LogP contribution in [0.2, 0.25) is 0 Å². The molecule has 34 heavy (non-hydrogen) atoms. The van der Waals surface area contributed by atoms with E-state index in [4.69, 9.17) is 0 Å². The summed E-state index contributed by atoms with van der Waals surface area (Å²) < 4.78 is 0. The second-order valence-corrected chi connectivity index (χ2v) is 10.4. The van der Waals surface area contributed by atoms with Crippen molar-refractivity contribution in [3.8, 4) is 0 Å². The summed E-state index contributed by atoms with van der Waals surface area (Å²) in [5, 5.41) is 0.000000000000000222. The van der Waals surface area contributed by atoms with Crippen LogP contribution in [0.5, 0.6) is 0 Å². The molecular weight excluding hydrogens is 432 g/mol. The van der Waals surface area contributed by atoms with Crippen molar-refractivity contribution in [2.45, 2.75) is 120 Å². The van der Waals surface area contributed by atoms with Gasteiger partial charge in [-0.3, -0.25) is 0 Å². The molecule has 0 aromatic heterocycles. The predicted octanol–water partition coefficient (Wildman–Crippen LogP) is 9.79. The Balaban J connectivity index is 0. The number of allylic oxidation sites excluding steroid dienone is 12. The van der Waals surface area contributed by atoms with Crippen LogP contribution in [0.4, 0.5) is 0 Å². The summed E-state index contributed by atoms with van der Waals surface area (Å²) in [5.74, 6) is 0. The Hall–Kier alpha value is -1.87. The van der Waals surface area contributed by atoms with E-state index in [1.807, 2.05) is 0 Å². The van der Waals surface area contributed by atoms with Crippen LogP contribution < -0.4 is 11.5 Å². The summed E-state index contributed by atoms with van der Waals surface area (Å²) in [6.07, 6.45) is 26.2. The number of nitrogens with two attached hydrogens (primary N) is 2.